The largest absolute Gasteiger partial charge is 0.198 e. The van der Waals surface area contributed by atoms with E-state index in [2.05, 4.69) is 19.9 Å². The van der Waals surface area contributed by atoms with Crippen molar-refractivity contribution in [2.24, 2.45) is 23.2 Å². The molecule has 0 radical (unpaired) electrons. The van der Waals surface area contributed by atoms with Crippen LogP contribution in [0.3, 0.4) is 0 Å². The van der Waals surface area contributed by atoms with Crippen LogP contribution in [0, 0.1) is 34.5 Å². The van der Waals surface area contributed by atoms with Crippen molar-refractivity contribution in [1.82, 2.24) is 0 Å². The van der Waals surface area contributed by atoms with Gasteiger partial charge in [-0.1, -0.05) is 71.6 Å². The molecule has 1 heteroatoms. The molecule has 4 atom stereocenters. The molecule has 0 bridgehead atoms. The molecule has 1 nitrogen and oxygen atoms in total. The standard InChI is InChI=1S/C22H39N/c1-3-5-7-8-9-10-19-11-12-21-17-22(18-23,14-6-4-2)15-13-20(21)16-19/h19-21H,3-17H2,1-2H3. The molecular weight excluding hydrogens is 278 g/mol. The maximum Gasteiger partial charge on any atom is 0.0689 e. The zero-order valence-electron chi connectivity index (χ0n) is 15.8. The molecule has 0 aromatic rings. The molecule has 0 amide bonds. The monoisotopic (exact) mass is 317 g/mol. The van der Waals surface area contributed by atoms with Gasteiger partial charge in [-0.05, 0) is 56.3 Å². The Hall–Kier alpha value is -0.510. The lowest BCUT2D eigenvalue weighted by molar-refractivity contribution is 0.0617. The molecule has 0 N–H and O–H groups in total. The Balaban J connectivity index is 1.74. The second-order valence-electron chi connectivity index (χ2n) is 8.64. The summed E-state index contributed by atoms with van der Waals surface area (Å²) in [5.41, 5.74) is 0.0458. The molecule has 4 unspecified atom stereocenters. The molecule has 23 heavy (non-hydrogen) atoms. The van der Waals surface area contributed by atoms with E-state index in [0.717, 1.165) is 24.2 Å². The summed E-state index contributed by atoms with van der Waals surface area (Å²) in [5.74, 6) is 2.83. The zero-order chi connectivity index (χ0) is 16.5. The average molecular weight is 318 g/mol. The number of fused-ring (bicyclic) bond motifs is 1. The topological polar surface area (TPSA) is 23.8 Å². The molecule has 2 aliphatic carbocycles. The summed E-state index contributed by atoms with van der Waals surface area (Å²) < 4.78 is 0. The second kappa shape index (κ2) is 9.71. The minimum atomic E-state index is 0.0458. The Morgan fingerprint density at radius 2 is 1.70 bits per heavy atom. The maximum atomic E-state index is 9.75. The fourth-order valence-electron chi connectivity index (χ4n) is 5.31. The van der Waals surface area contributed by atoms with Crippen molar-refractivity contribution >= 4 is 0 Å². The summed E-state index contributed by atoms with van der Waals surface area (Å²) in [6.07, 6.45) is 20.3. The molecule has 0 aromatic heterocycles. The van der Waals surface area contributed by atoms with Crippen LogP contribution in [0.1, 0.15) is 110 Å². The van der Waals surface area contributed by atoms with E-state index in [1.807, 2.05) is 0 Å². The molecule has 0 aromatic carbocycles. The molecule has 0 heterocycles. The molecule has 2 aliphatic rings. The van der Waals surface area contributed by atoms with Crippen LogP contribution >= 0.6 is 0 Å². The van der Waals surface area contributed by atoms with Crippen LogP contribution in [0.15, 0.2) is 0 Å². The van der Waals surface area contributed by atoms with Gasteiger partial charge in [-0.2, -0.15) is 5.26 Å². The van der Waals surface area contributed by atoms with Gasteiger partial charge in [0.05, 0.1) is 11.5 Å². The van der Waals surface area contributed by atoms with E-state index < -0.39 is 0 Å². The highest BCUT2D eigenvalue weighted by Gasteiger charge is 2.42. The molecule has 0 aliphatic heterocycles. The van der Waals surface area contributed by atoms with Crippen molar-refractivity contribution in [1.29, 1.82) is 5.26 Å². The van der Waals surface area contributed by atoms with E-state index in [1.54, 1.807) is 0 Å². The predicted molar refractivity (Wildman–Crippen MR) is 99.1 cm³/mol. The summed E-state index contributed by atoms with van der Waals surface area (Å²) in [5, 5.41) is 9.75. The van der Waals surface area contributed by atoms with Gasteiger partial charge in [-0.15, -0.1) is 0 Å². The van der Waals surface area contributed by atoms with Crippen LogP contribution in [0.5, 0.6) is 0 Å². The summed E-state index contributed by atoms with van der Waals surface area (Å²) >= 11 is 0. The Bertz CT molecular complexity index is 369. The van der Waals surface area contributed by atoms with Crippen molar-refractivity contribution < 1.29 is 0 Å². The van der Waals surface area contributed by atoms with Crippen LogP contribution < -0.4 is 0 Å². The lowest BCUT2D eigenvalue weighted by Crippen LogP contribution is -2.36. The summed E-state index contributed by atoms with van der Waals surface area (Å²) in [7, 11) is 0. The van der Waals surface area contributed by atoms with E-state index >= 15 is 0 Å². The minimum absolute atomic E-state index is 0.0458. The van der Waals surface area contributed by atoms with Gasteiger partial charge in [0.1, 0.15) is 0 Å². The quantitative estimate of drug-likeness (QED) is 0.410. The van der Waals surface area contributed by atoms with E-state index in [-0.39, 0.29) is 5.41 Å². The SMILES string of the molecule is CCCCCCCC1CCC2CC(C#N)(CCCC)CCC2C1. The van der Waals surface area contributed by atoms with Crippen LogP contribution in [-0.4, -0.2) is 0 Å². The number of rotatable bonds is 9. The minimum Gasteiger partial charge on any atom is -0.198 e. The van der Waals surface area contributed by atoms with E-state index in [9.17, 15) is 5.26 Å². The highest BCUT2D eigenvalue weighted by Crippen LogP contribution is 2.51. The fraction of sp³-hybridized carbons (Fsp3) is 0.955. The van der Waals surface area contributed by atoms with Crippen LogP contribution in [-0.2, 0) is 0 Å². The van der Waals surface area contributed by atoms with Gasteiger partial charge < -0.3 is 0 Å². The first-order chi connectivity index (χ1) is 11.2. The third-order valence-corrected chi connectivity index (χ3v) is 6.86. The van der Waals surface area contributed by atoms with E-state index in [4.69, 9.17) is 0 Å². The number of nitriles is 1. The highest BCUT2D eigenvalue weighted by molar-refractivity contribution is 5.04. The number of hydrogen-bond donors (Lipinski definition) is 0. The van der Waals surface area contributed by atoms with Crippen LogP contribution in [0.2, 0.25) is 0 Å². The van der Waals surface area contributed by atoms with Gasteiger partial charge in [0.15, 0.2) is 0 Å². The Labute approximate surface area is 145 Å². The first-order valence-electron chi connectivity index (χ1n) is 10.6. The summed E-state index contributed by atoms with van der Waals surface area (Å²) in [6, 6.07) is 2.75. The van der Waals surface area contributed by atoms with E-state index in [1.165, 1.54) is 89.9 Å². The van der Waals surface area contributed by atoms with Gasteiger partial charge in [-0.3, -0.25) is 0 Å². The van der Waals surface area contributed by atoms with E-state index in [0.29, 0.717) is 0 Å². The molecule has 2 saturated carbocycles. The smallest absolute Gasteiger partial charge is 0.0689 e. The normalized spacial score (nSPS) is 33.9. The van der Waals surface area contributed by atoms with Crippen LogP contribution in [0.4, 0.5) is 0 Å². The lowest BCUT2D eigenvalue weighted by Gasteiger charge is -2.45. The van der Waals surface area contributed by atoms with Crippen molar-refractivity contribution in [3.63, 3.8) is 0 Å². The molecular formula is C22H39N. The van der Waals surface area contributed by atoms with Gasteiger partial charge in [0, 0.05) is 0 Å². The third-order valence-electron chi connectivity index (χ3n) is 6.86. The highest BCUT2D eigenvalue weighted by atomic mass is 14.5. The second-order valence-corrected chi connectivity index (χ2v) is 8.64. The van der Waals surface area contributed by atoms with Gasteiger partial charge in [0.25, 0.3) is 0 Å². The zero-order valence-corrected chi connectivity index (χ0v) is 15.8. The Morgan fingerprint density at radius 3 is 2.43 bits per heavy atom. The average Bonchev–Trinajstić information content (AvgIpc) is 2.59. The summed E-state index contributed by atoms with van der Waals surface area (Å²) in [4.78, 5) is 0. The molecule has 0 saturated heterocycles. The first-order valence-corrected chi connectivity index (χ1v) is 10.6. The first kappa shape index (κ1) is 18.8. The molecule has 2 rings (SSSR count). The molecule has 2 fully saturated rings. The lowest BCUT2D eigenvalue weighted by atomic mass is 9.58. The Morgan fingerprint density at radius 1 is 0.913 bits per heavy atom. The number of unbranched alkanes of at least 4 members (excludes halogenated alkanes) is 5. The van der Waals surface area contributed by atoms with Gasteiger partial charge in [-0.25, -0.2) is 0 Å². The van der Waals surface area contributed by atoms with Gasteiger partial charge >= 0.3 is 0 Å². The number of hydrogen-bond acceptors (Lipinski definition) is 1. The van der Waals surface area contributed by atoms with Gasteiger partial charge in [0.2, 0.25) is 0 Å². The maximum absolute atomic E-state index is 9.75. The predicted octanol–water partition coefficient (Wildman–Crippen LogP) is 7.26. The van der Waals surface area contributed by atoms with Crippen molar-refractivity contribution in [3.8, 4) is 6.07 Å². The van der Waals surface area contributed by atoms with Crippen molar-refractivity contribution in [2.45, 2.75) is 110 Å². The Kier molecular flexibility index (Phi) is 7.94. The van der Waals surface area contributed by atoms with Crippen LogP contribution in [0.25, 0.3) is 0 Å². The third kappa shape index (κ3) is 5.51. The summed E-state index contributed by atoms with van der Waals surface area (Å²) in [6.45, 7) is 4.55. The molecule has 0 spiro atoms. The molecule has 132 valence electrons. The number of nitrogens with zero attached hydrogens (tertiary/aromatic N) is 1. The fourth-order valence-corrected chi connectivity index (χ4v) is 5.31. The van der Waals surface area contributed by atoms with Crippen molar-refractivity contribution in [2.75, 3.05) is 0 Å². The van der Waals surface area contributed by atoms with Crippen molar-refractivity contribution in [3.05, 3.63) is 0 Å².